The Morgan fingerprint density at radius 1 is 1.10 bits per heavy atom. The first-order valence-corrected chi connectivity index (χ1v) is 9.16. The highest BCUT2D eigenvalue weighted by Crippen LogP contribution is 2.47. The van der Waals surface area contributed by atoms with E-state index in [0.717, 1.165) is 12.5 Å². The fourth-order valence-electron chi connectivity index (χ4n) is 4.85. The minimum Gasteiger partial charge on any atom is -0.316 e. The topological polar surface area (TPSA) is 12.0 Å². The van der Waals surface area contributed by atoms with Gasteiger partial charge in [0, 0.05) is 12.0 Å². The highest BCUT2D eigenvalue weighted by Gasteiger charge is 2.42. The normalized spacial score (nSPS) is 26.5. The van der Waals surface area contributed by atoms with Gasteiger partial charge in [-0.15, -0.1) is 0 Å². The van der Waals surface area contributed by atoms with Gasteiger partial charge in [0.15, 0.2) is 0 Å². The third kappa shape index (κ3) is 3.04. The Labute approximate surface area is 130 Å². The highest BCUT2D eigenvalue weighted by molar-refractivity contribution is 5.38. The first-order chi connectivity index (χ1) is 10.4. The molecule has 0 saturated heterocycles. The molecule has 1 N–H and O–H groups in total. The van der Waals surface area contributed by atoms with Crippen molar-refractivity contribution in [3.05, 3.63) is 35.4 Å². The van der Waals surface area contributed by atoms with Crippen molar-refractivity contribution in [1.82, 2.24) is 5.32 Å². The zero-order valence-corrected chi connectivity index (χ0v) is 13.7. The maximum atomic E-state index is 3.78. The predicted molar refractivity (Wildman–Crippen MR) is 90.8 cm³/mol. The molecule has 116 valence electrons. The maximum Gasteiger partial charge on any atom is 0.0109 e. The van der Waals surface area contributed by atoms with E-state index in [0.29, 0.717) is 5.41 Å². The summed E-state index contributed by atoms with van der Waals surface area (Å²) in [6.07, 6.45) is 12.5. The van der Waals surface area contributed by atoms with Crippen molar-refractivity contribution in [2.75, 3.05) is 13.1 Å². The monoisotopic (exact) mass is 285 g/mol. The molecule has 0 radical (unpaired) electrons. The third-order valence-electron chi connectivity index (χ3n) is 5.88. The number of nitrogens with one attached hydrogen (secondary N) is 1. The second-order valence-electron chi connectivity index (χ2n) is 7.18. The summed E-state index contributed by atoms with van der Waals surface area (Å²) in [4.78, 5) is 0. The van der Waals surface area contributed by atoms with Gasteiger partial charge in [-0.2, -0.15) is 0 Å². The van der Waals surface area contributed by atoms with E-state index in [1.807, 2.05) is 0 Å². The fourth-order valence-corrected chi connectivity index (χ4v) is 4.85. The van der Waals surface area contributed by atoms with E-state index in [-0.39, 0.29) is 0 Å². The Bertz CT molecular complexity index is 447. The van der Waals surface area contributed by atoms with Crippen molar-refractivity contribution < 1.29 is 0 Å². The van der Waals surface area contributed by atoms with E-state index in [2.05, 4.69) is 36.5 Å². The van der Waals surface area contributed by atoms with E-state index < -0.39 is 0 Å². The number of hydrogen-bond donors (Lipinski definition) is 1. The van der Waals surface area contributed by atoms with Gasteiger partial charge in [0.05, 0.1) is 0 Å². The lowest BCUT2D eigenvalue weighted by molar-refractivity contribution is 0.171. The Morgan fingerprint density at radius 3 is 2.71 bits per heavy atom. The Balaban J connectivity index is 1.92. The van der Waals surface area contributed by atoms with Crippen LogP contribution in [-0.4, -0.2) is 13.1 Å². The van der Waals surface area contributed by atoms with E-state index in [9.17, 15) is 0 Å². The first kappa shape index (κ1) is 15.1. The molecular weight excluding hydrogens is 254 g/mol. The van der Waals surface area contributed by atoms with Gasteiger partial charge in [0.1, 0.15) is 0 Å². The summed E-state index contributed by atoms with van der Waals surface area (Å²) in [5.74, 6) is 0.900. The molecule has 0 amide bonds. The van der Waals surface area contributed by atoms with Gasteiger partial charge in [-0.1, -0.05) is 50.5 Å². The van der Waals surface area contributed by atoms with Crippen LogP contribution in [-0.2, 0) is 11.8 Å². The fraction of sp³-hybridized carbons (Fsp3) is 0.700. The number of rotatable bonds is 5. The Hall–Kier alpha value is -0.820. The summed E-state index contributed by atoms with van der Waals surface area (Å²) >= 11 is 0. The maximum absolute atomic E-state index is 3.78. The van der Waals surface area contributed by atoms with Crippen molar-refractivity contribution in [2.24, 2.45) is 5.92 Å². The van der Waals surface area contributed by atoms with E-state index >= 15 is 0 Å². The molecule has 1 nitrogen and oxygen atoms in total. The largest absolute Gasteiger partial charge is 0.316 e. The number of fused-ring (bicyclic) bond motifs is 1. The highest BCUT2D eigenvalue weighted by atomic mass is 14.9. The molecule has 2 aliphatic rings. The molecule has 21 heavy (non-hydrogen) atoms. The van der Waals surface area contributed by atoms with Crippen LogP contribution in [0.3, 0.4) is 0 Å². The van der Waals surface area contributed by atoms with Gasteiger partial charge in [-0.05, 0) is 62.1 Å². The molecule has 1 heteroatoms. The van der Waals surface area contributed by atoms with Crippen LogP contribution < -0.4 is 5.32 Å². The molecule has 1 aromatic carbocycles. The number of aryl methyl sites for hydroxylation is 1. The molecule has 0 heterocycles. The standard InChI is InChI=1S/C20H31N/c1-2-15-21-16-20(18-11-4-3-5-12-18)14-8-10-17-9-6-7-13-19(17)20/h6-7,9,13,18,21H,2-5,8,10-12,14-16H2,1H3. The molecule has 0 aliphatic heterocycles. The van der Waals surface area contributed by atoms with Gasteiger partial charge in [0.2, 0.25) is 0 Å². The zero-order chi connectivity index (χ0) is 14.5. The van der Waals surface area contributed by atoms with Crippen molar-refractivity contribution in [2.45, 2.75) is 70.1 Å². The Morgan fingerprint density at radius 2 is 1.90 bits per heavy atom. The van der Waals surface area contributed by atoms with Gasteiger partial charge in [-0.25, -0.2) is 0 Å². The Kier molecular flexibility index (Phi) is 5.00. The SMILES string of the molecule is CCCNCC1(C2CCCCC2)CCCc2ccccc21. The van der Waals surface area contributed by atoms with Crippen LogP contribution in [0, 0.1) is 5.92 Å². The molecular formula is C20H31N. The van der Waals surface area contributed by atoms with Crippen LogP contribution in [0.15, 0.2) is 24.3 Å². The summed E-state index contributed by atoms with van der Waals surface area (Å²) in [6.45, 7) is 4.63. The van der Waals surface area contributed by atoms with Gasteiger partial charge >= 0.3 is 0 Å². The molecule has 0 spiro atoms. The average molecular weight is 285 g/mol. The summed E-state index contributed by atoms with van der Waals surface area (Å²) in [5.41, 5.74) is 3.74. The molecule has 1 unspecified atom stereocenters. The van der Waals surface area contributed by atoms with Gasteiger partial charge in [-0.3, -0.25) is 0 Å². The predicted octanol–water partition coefficient (Wildman–Crippen LogP) is 4.84. The molecule has 0 bridgehead atoms. The zero-order valence-electron chi connectivity index (χ0n) is 13.7. The smallest absolute Gasteiger partial charge is 0.0109 e. The van der Waals surface area contributed by atoms with Crippen molar-refractivity contribution in [3.8, 4) is 0 Å². The van der Waals surface area contributed by atoms with Gasteiger partial charge in [0.25, 0.3) is 0 Å². The molecule has 0 aromatic heterocycles. The molecule has 3 rings (SSSR count). The average Bonchev–Trinajstić information content (AvgIpc) is 2.56. The minimum atomic E-state index is 0.421. The third-order valence-corrected chi connectivity index (χ3v) is 5.88. The van der Waals surface area contributed by atoms with E-state index in [4.69, 9.17) is 0 Å². The summed E-state index contributed by atoms with van der Waals surface area (Å²) in [5, 5.41) is 3.78. The summed E-state index contributed by atoms with van der Waals surface area (Å²) in [7, 11) is 0. The van der Waals surface area contributed by atoms with E-state index in [1.54, 1.807) is 11.1 Å². The lowest BCUT2D eigenvalue weighted by Gasteiger charge is -2.47. The lowest BCUT2D eigenvalue weighted by Crippen LogP contribution is -2.47. The van der Waals surface area contributed by atoms with Crippen LogP contribution in [0.2, 0.25) is 0 Å². The first-order valence-electron chi connectivity index (χ1n) is 9.16. The number of benzene rings is 1. The van der Waals surface area contributed by atoms with Crippen molar-refractivity contribution >= 4 is 0 Å². The molecule has 1 fully saturated rings. The quantitative estimate of drug-likeness (QED) is 0.763. The van der Waals surface area contributed by atoms with Crippen molar-refractivity contribution in [3.63, 3.8) is 0 Å². The van der Waals surface area contributed by atoms with Crippen LogP contribution in [0.4, 0.5) is 0 Å². The van der Waals surface area contributed by atoms with Crippen molar-refractivity contribution in [1.29, 1.82) is 0 Å². The second-order valence-corrected chi connectivity index (χ2v) is 7.18. The van der Waals surface area contributed by atoms with Gasteiger partial charge < -0.3 is 5.32 Å². The molecule has 1 saturated carbocycles. The van der Waals surface area contributed by atoms with Crippen LogP contribution >= 0.6 is 0 Å². The molecule has 2 aliphatic carbocycles. The minimum absolute atomic E-state index is 0.421. The molecule has 1 aromatic rings. The van der Waals surface area contributed by atoms with E-state index in [1.165, 1.54) is 64.3 Å². The summed E-state index contributed by atoms with van der Waals surface area (Å²) in [6, 6.07) is 9.32. The van der Waals surface area contributed by atoms with Crippen LogP contribution in [0.5, 0.6) is 0 Å². The second kappa shape index (κ2) is 6.96. The van der Waals surface area contributed by atoms with Crippen LogP contribution in [0.1, 0.15) is 69.4 Å². The molecule has 1 atom stereocenters. The summed E-state index contributed by atoms with van der Waals surface area (Å²) < 4.78 is 0. The lowest BCUT2D eigenvalue weighted by atomic mass is 9.59. The van der Waals surface area contributed by atoms with Crippen LogP contribution in [0.25, 0.3) is 0 Å². The number of hydrogen-bond acceptors (Lipinski definition) is 1.